The zero-order valence-corrected chi connectivity index (χ0v) is 12.8. The fourth-order valence-electron chi connectivity index (χ4n) is 1.96. The number of fused-ring (bicyclic) bond motifs is 1. The second kappa shape index (κ2) is 7.13. The Morgan fingerprint density at radius 2 is 2.14 bits per heavy atom. The van der Waals surface area contributed by atoms with Crippen LogP contribution in [0.2, 0.25) is 0 Å². The number of ether oxygens (including phenoxy) is 1. The second-order valence-electron chi connectivity index (χ2n) is 4.55. The van der Waals surface area contributed by atoms with Gasteiger partial charge in [-0.1, -0.05) is 36.0 Å². The first-order chi connectivity index (χ1) is 10.1. The Labute approximate surface area is 127 Å². The van der Waals surface area contributed by atoms with Crippen molar-refractivity contribution in [2.24, 2.45) is 0 Å². The largest absolute Gasteiger partial charge is 0.464 e. The molecule has 0 spiro atoms. The SMILES string of the molecule is COC(=O)c1cc2ccc(C=CCCSC(C)=O)cc2[nH]1. The maximum absolute atomic E-state index is 11.5. The molecule has 0 amide bonds. The summed E-state index contributed by atoms with van der Waals surface area (Å²) in [5.74, 6) is 0.424. The number of carbonyl (C=O) groups is 2. The highest BCUT2D eigenvalue weighted by Crippen LogP contribution is 2.18. The van der Waals surface area contributed by atoms with Crippen molar-refractivity contribution in [2.45, 2.75) is 13.3 Å². The van der Waals surface area contributed by atoms with Crippen molar-refractivity contribution in [1.29, 1.82) is 0 Å². The van der Waals surface area contributed by atoms with Crippen molar-refractivity contribution < 1.29 is 14.3 Å². The Morgan fingerprint density at radius 1 is 1.33 bits per heavy atom. The van der Waals surface area contributed by atoms with Crippen molar-refractivity contribution in [1.82, 2.24) is 4.98 Å². The molecule has 0 saturated heterocycles. The van der Waals surface area contributed by atoms with E-state index in [9.17, 15) is 9.59 Å². The van der Waals surface area contributed by atoms with Gasteiger partial charge in [0.1, 0.15) is 5.69 Å². The van der Waals surface area contributed by atoms with E-state index in [1.54, 1.807) is 13.0 Å². The van der Waals surface area contributed by atoms with E-state index < -0.39 is 0 Å². The summed E-state index contributed by atoms with van der Waals surface area (Å²) in [4.78, 5) is 25.3. The van der Waals surface area contributed by atoms with Crippen LogP contribution in [-0.4, -0.2) is 28.9 Å². The zero-order valence-electron chi connectivity index (χ0n) is 12.0. The number of methoxy groups -OCH3 is 1. The molecule has 4 nitrogen and oxygen atoms in total. The van der Waals surface area contributed by atoms with Gasteiger partial charge in [-0.3, -0.25) is 4.79 Å². The van der Waals surface area contributed by atoms with Gasteiger partial charge in [0.15, 0.2) is 5.12 Å². The van der Waals surface area contributed by atoms with E-state index in [0.717, 1.165) is 28.6 Å². The molecule has 0 fully saturated rings. The molecule has 0 aliphatic heterocycles. The van der Waals surface area contributed by atoms with Crippen molar-refractivity contribution in [3.8, 4) is 0 Å². The summed E-state index contributed by atoms with van der Waals surface area (Å²) in [6.45, 7) is 1.58. The van der Waals surface area contributed by atoms with Crippen LogP contribution in [0.1, 0.15) is 29.4 Å². The highest BCUT2D eigenvalue weighted by atomic mass is 32.2. The van der Waals surface area contributed by atoms with Gasteiger partial charge in [-0.05, 0) is 24.1 Å². The molecule has 1 aromatic heterocycles. The normalized spacial score (nSPS) is 11.1. The predicted molar refractivity (Wildman–Crippen MR) is 86.4 cm³/mol. The van der Waals surface area contributed by atoms with E-state index >= 15 is 0 Å². The molecule has 0 unspecified atom stereocenters. The fourth-order valence-corrected chi connectivity index (χ4v) is 2.50. The van der Waals surface area contributed by atoms with Gasteiger partial charge in [0.05, 0.1) is 7.11 Å². The van der Waals surface area contributed by atoms with Gasteiger partial charge in [0.25, 0.3) is 0 Å². The molecule has 110 valence electrons. The van der Waals surface area contributed by atoms with Crippen LogP contribution in [-0.2, 0) is 9.53 Å². The highest BCUT2D eigenvalue weighted by molar-refractivity contribution is 8.13. The lowest BCUT2D eigenvalue weighted by Gasteiger charge is -1.95. The van der Waals surface area contributed by atoms with E-state index in [-0.39, 0.29) is 11.1 Å². The predicted octanol–water partition coefficient (Wildman–Crippen LogP) is 3.64. The molecule has 2 aromatic rings. The second-order valence-corrected chi connectivity index (χ2v) is 5.82. The monoisotopic (exact) mass is 303 g/mol. The lowest BCUT2D eigenvalue weighted by Crippen LogP contribution is -2.00. The highest BCUT2D eigenvalue weighted by Gasteiger charge is 2.08. The van der Waals surface area contributed by atoms with Crippen LogP contribution < -0.4 is 0 Å². The molecular weight excluding hydrogens is 286 g/mol. The van der Waals surface area contributed by atoms with Crippen LogP contribution in [0, 0.1) is 0 Å². The number of rotatable bonds is 5. The number of benzene rings is 1. The van der Waals surface area contributed by atoms with Crippen LogP contribution in [0.5, 0.6) is 0 Å². The Hall–Kier alpha value is -2.01. The van der Waals surface area contributed by atoms with Crippen LogP contribution in [0.25, 0.3) is 17.0 Å². The molecule has 21 heavy (non-hydrogen) atoms. The van der Waals surface area contributed by atoms with Crippen LogP contribution in [0.15, 0.2) is 30.3 Å². The quantitative estimate of drug-likeness (QED) is 0.677. The van der Waals surface area contributed by atoms with Crippen LogP contribution in [0.4, 0.5) is 0 Å². The molecule has 0 atom stereocenters. The Morgan fingerprint density at radius 3 is 2.86 bits per heavy atom. The number of aromatic nitrogens is 1. The molecule has 0 bridgehead atoms. The van der Waals surface area contributed by atoms with Crippen LogP contribution in [0.3, 0.4) is 0 Å². The van der Waals surface area contributed by atoms with Gasteiger partial charge in [0, 0.05) is 23.6 Å². The summed E-state index contributed by atoms with van der Waals surface area (Å²) < 4.78 is 4.69. The van der Waals surface area contributed by atoms with Gasteiger partial charge in [-0.15, -0.1) is 0 Å². The van der Waals surface area contributed by atoms with E-state index in [1.807, 2.05) is 30.4 Å². The minimum Gasteiger partial charge on any atom is -0.464 e. The Bertz CT molecular complexity index is 688. The third-order valence-electron chi connectivity index (χ3n) is 2.95. The molecule has 1 heterocycles. The number of thioether (sulfide) groups is 1. The molecule has 1 N–H and O–H groups in total. The molecule has 0 saturated carbocycles. The summed E-state index contributed by atoms with van der Waals surface area (Å²) in [5.41, 5.74) is 2.40. The maximum Gasteiger partial charge on any atom is 0.354 e. The van der Waals surface area contributed by atoms with Gasteiger partial charge in [-0.2, -0.15) is 0 Å². The average Bonchev–Trinajstić information content (AvgIpc) is 2.88. The van der Waals surface area contributed by atoms with Gasteiger partial charge in [-0.25, -0.2) is 4.79 Å². The third kappa shape index (κ3) is 4.23. The summed E-state index contributed by atoms with van der Waals surface area (Å²) in [7, 11) is 1.36. The number of carbonyl (C=O) groups excluding carboxylic acids is 2. The van der Waals surface area contributed by atoms with Crippen molar-refractivity contribution in [3.63, 3.8) is 0 Å². The summed E-state index contributed by atoms with van der Waals surface area (Å²) in [6, 6.07) is 7.71. The number of hydrogen-bond donors (Lipinski definition) is 1. The lowest BCUT2D eigenvalue weighted by molar-refractivity contribution is -0.109. The van der Waals surface area contributed by atoms with Gasteiger partial charge < -0.3 is 9.72 Å². The van der Waals surface area contributed by atoms with Crippen molar-refractivity contribution >= 4 is 39.8 Å². The first-order valence-electron chi connectivity index (χ1n) is 6.61. The molecule has 2 rings (SSSR count). The Kier molecular flexibility index (Phi) is 5.22. The topological polar surface area (TPSA) is 59.2 Å². The van der Waals surface area contributed by atoms with Gasteiger partial charge >= 0.3 is 5.97 Å². The first kappa shape index (κ1) is 15.4. The number of nitrogens with one attached hydrogen (secondary N) is 1. The fraction of sp³-hybridized carbons (Fsp3) is 0.250. The minimum atomic E-state index is -0.371. The molecule has 1 aromatic carbocycles. The third-order valence-corrected chi connectivity index (χ3v) is 3.80. The van der Waals surface area contributed by atoms with Crippen LogP contribution >= 0.6 is 11.8 Å². The summed E-state index contributed by atoms with van der Waals surface area (Å²) in [5, 5.41) is 1.12. The van der Waals surface area contributed by atoms with Crippen molar-refractivity contribution in [3.05, 3.63) is 41.6 Å². The standard InChI is InChI=1S/C16H17NO3S/c1-11(18)21-8-4-3-5-12-6-7-13-10-15(16(19)20-2)17-14(13)9-12/h3,5-7,9-10,17H,4,8H2,1-2H3. The van der Waals surface area contributed by atoms with E-state index in [1.165, 1.54) is 18.9 Å². The van der Waals surface area contributed by atoms with Gasteiger partial charge in [0.2, 0.25) is 0 Å². The smallest absolute Gasteiger partial charge is 0.354 e. The molecule has 0 aliphatic carbocycles. The van der Waals surface area contributed by atoms with Crippen molar-refractivity contribution in [2.75, 3.05) is 12.9 Å². The summed E-state index contributed by atoms with van der Waals surface area (Å²) in [6.07, 6.45) is 4.90. The Balaban J connectivity index is 2.06. The number of hydrogen-bond acceptors (Lipinski definition) is 4. The molecular formula is C16H17NO3S. The number of esters is 1. The number of aromatic amines is 1. The first-order valence-corrected chi connectivity index (χ1v) is 7.59. The van der Waals surface area contributed by atoms with E-state index in [4.69, 9.17) is 4.74 Å². The number of H-pyrrole nitrogens is 1. The van der Waals surface area contributed by atoms with E-state index in [2.05, 4.69) is 4.98 Å². The lowest BCUT2D eigenvalue weighted by atomic mass is 10.1. The average molecular weight is 303 g/mol. The molecule has 0 radical (unpaired) electrons. The van der Waals surface area contributed by atoms with E-state index in [0.29, 0.717) is 5.69 Å². The number of allylic oxidation sites excluding steroid dienone is 1. The maximum atomic E-state index is 11.5. The minimum absolute atomic E-state index is 0.145. The molecule has 0 aliphatic rings. The zero-order chi connectivity index (χ0) is 15.2. The molecule has 5 heteroatoms. The summed E-state index contributed by atoms with van der Waals surface area (Å²) >= 11 is 1.33.